The van der Waals surface area contributed by atoms with Crippen LogP contribution in [-0.2, 0) is 0 Å². The summed E-state index contributed by atoms with van der Waals surface area (Å²) in [6.07, 6.45) is 0. The average molecular weight is 175 g/mol. The van der Waals surface area contributed by atoms with E-state index in [4.69, 9.17) is 0 Å². The van der Waals surface area contributed by atoms with Crippen molar-refractivity contribution < 1.29 is 0 Å². The lowest BCUT2D eigenvalue weighted by Crippen LogP contribution is -1.76. The van der Waals surface area contributed by atoms with Gasteiger partial charge in [0.2, 0.25) is 0 Å². The molecule has 3 rings (SSSR count). The molecule has 0 aliphatic heterocycles. The van der Waals surface area contributed by atoms with Crippen LogP contribution in [0.1, 0.15) is 0 Å². The molecule has 0 saturated carbocycles. The van der Waals surface area contributed by atoms with Gasteiger partial charge in [0.1, 0.15) is 0 Å². The van der Waals surface area contributed by atoms with E-state index in [2.05, 4.69) is 30.3 Å². The minimum Gasteiger partial charge on any atom is -0.0616 e. The first-order valence-electron chi connectivity index (χ1n) is 4.57. The molecule has 0 amide bonds. The van der Waals surface area contributed by atoms with Crippen molar-refractivity contribution in [2.45, 2.75) is 0 Å². The molecule has 0 N–H and O–H groups in total. The Morgan fingerprint density at radius 2 is 1.36 bits per heavy atom. The Kier molecular flexibility index (Phi) is 1.54. The monoisotopic (exact) mass is 175 g/mol. The molecule has 0 fully saturated rings. The second-order valence-electron chi connectivity index (χ2n) is 3.27. The normalized spacial score (nSPS) is 10.9. The first-order chi connectivity index (χ1) is 6.93. The summed E-state index contributed by atoms with van der Waals surface area (Å²) in [5.74, 6) is 0. The summed E-state index contributed by atoms with van der Waals surface area (Å²) in [6, 6.07) is 23.8. The van der Waals surface area contributed by atoms with Crippen LogP contribution in [0.3, 0.4) is 0 Å². The minimum absolute atomic E-state index is 1.08. The van der Waals surface area contributed by atoms with E-state index in [-0.39, 0.29) is 0 Å². The van der Waals surface area contributed by atoms with Crippen LogP contribution in [0.25, 0.3) is 21.5 Å². The summed E-state index contributed by atoms with van der Waals surface area (Å²) in [5.41, 5.74) is 0. The smallest absolute Gasteiger partial charge is 0.00137 e. The molecule has 0 bridgehead atoms. The van der Waals surface area contributed by atoms with Crippen molar-refractivity contribution in [2.24, 2.45) is 0 Å². The molecule has 0 saturated heterocycles. The van der Waals surface area contributed by atoms with Gasteiger partial charge in [0.25, 0.3) is 0 Å². The molecule has 14 heavy (non-hydrogen) atoms. The van der Waals surface area contributed by atoms with Gasteiger partial charge >= 0.3 is 0 Å². The Balaban J connectivity index is 2.52. The van der Waals surface area contributed by atoms with Gasteiger partial charge in [0, 0.05) is 0 Å². The quantitative estimate of drug-likeness (QED) is 0.459. The Labute approximate surface area is 82.8 Å². The van der Waals surface area contributed by atoms with Crippen molar-refractivity contribution >= 4 is 21.5 Å². The van der Waals surface area contributed by atoms with Gasteiger partial charge in [-0.25, -0.2) is 0 Å². The van der Waals surface area contributed by atoms with E-state index in [0.29, 0.717) is 0 Å². The fourth-order valence-corrected chi connectivity index (χ4v) is 1.63. The maximum Gasteiger partial charge on any atom is -0.00137 e. The number of rotatable bonds is 0. The number of benzene rings is 3. The van der Waals surface area contributed by atoms with E-state index in [1.807, 2.05) is 30.3 Å². The van der Waals surface area contributed by atoms with Crippen LogP contribution in [0.4, 0.5) is 0 Å². The minimum atomic E-state index is 1.08. The topological polar surface area (TPSA) is 0 Å². The molecule has 0 spiro atoms. The van der Waals surface area contributed by atoms with Gasteiger partial charge in [-0.05, 0) is 45.8 Å². The number of fused-ring (bicyclic) bond motifs is 2. The molecule has 0 atom stereocenters. The molecule has 0 nitrogen and oxygen atoms in total. The van der Waals surface area contributed by atoms with Gasteiger partial charge in [0.15, 0.2) is 0 Å². The molecular formula is C14H7. The summed E-state index contributed by atoms with van der Waals surface area (Å²) >= 11 is 0. The molecule has 3 aromatic rings. The first kappa shape index (κ1) is 7.57. The fourth-order valence-electron chi connectivity index (χ4n) is 1.63. The lowest BCUT2D eigenvalue weighted by atomic mass is 10.0. The van der Waals surface area contributed by atoms with Crippen molar-refractivity contribution in [3.8, 4) is 0 Å². The molecule has 0 heterocycles. The third-order valence-corrected chi connectivity index (χ3v) is 2.33. The van der Waals surface area contributed by atoms with E-state index in [9.17, 15) is 0 Å². The van der Waals surface area contributed by atoms with E-state index in [1.165, 1.54) is 0 Å². The zero-order valence-electron chi connectivity index (χ0n) is 7.54. The Morgan fingerprint density at radius 1 is 0.714 bits per heavy atom. The van der Waals surface area contributed by atoms with Crippen LogP contribution in [0.2, 0.25) is 0 Å². The summed E-state index contributed by atoms with van der Waals surface area (Å²) in [6.45, 7) is 0. The molecular weight excluding hydrogens is 168 g/mol. The van der Waals surface area contributed by atoms with Crippen molar-refractivity contribution in [1.82, 2.24) is 0 Å². The van der Waals surface area contributed by atoms with Gasteiger partial charge < -0.3 is 0 Å². The van der Waals surface area contributed by atoms with Crippen LogP contribution >= 0.6 is 0 Å². The SMILES string of the molecule is [c]1ccc2[c]c3ccccc3[c]c2c1. The van der Waals surface area contributed by atoms with Crippen molar-refractivity contribution in [1.29, 1.82) is 0 Å². The van der Waals surface area contributed by atoms with E-state index in [1.54, 1.807) is 0 Å². The summed E-state index contributed by atoms with van der Waals surface area (Å²) in [7, 11) is 0. The number of hydrogen-bond donors (Lipinski definition) is 0. The van der Waals surface area contributed by atoms with Gasteiger partial charge in [-0.2, -0.15) is 0 Å². The van der Waals surface area contributed by atoms with Crippen LogP contribution in [-0.4, -0.2) is 0 Å². The van der Waals surface area contributed by atoms with Crippen LogP contribution in [0, 0.1) is 18.2 Å². The van der Waals surface area contributed by atoms with Crippen LogP contribution in [0.5, 0.6) is 0 Å². The van der Waals surface area contributed by atoms with Gasteiger partial charge in [0.05, 0.1) is 0 Å². The first-order valence-corrected chi connectivity index (χ1v) is 4.57. The van der Waals surface area contributed by atoms with E-state index in [0.717, 1.165) is 21.5 Å². The fraction of sp³-hybridized carbons (Fsp3) is 0. The molecule has 0 aromatic heterocycles. The molecule has 0 aliphatic rings. The Hall–Kier alpha value is -1.82. The maximum absolute atomic E-state index is 3.36. The van der Waals surface area contributed by atoms with Crippen molar-refractivity contribution in [2.75, 3.05) is 0 Å². The highest BCUT2D eigenvalue weighted by Gasteiger charge is 1.96. The van der Waals surface area contributed by atoms with Gasteiger partial charge in [-0.3, -0.25) is 0 Å². The highest BCUT2D eigenvalue weighted by molar-refractivity contribution is 5.96. The second kappa shape index (κ2) is 2.85. The van der Waals surface area contributed by atoms with Gasteiger partial charge in [-0.1, -0.05) is 36.4 Å². The van der Waals surface area contributed by atoms with Crippen molar-refractivity contribution in [3.63, 3.8) is 0 Å². The third kappa shape index (κ3) is 1.08. The van der Waals surface area contributed by atoms with Gasteiger partial charge in [-0.15, -0.1) is 0 Å². The van der Waals surface area contributed by atoms with Crippen LogP contribution < -0.4 is 0 Å². The summed E-state index contributed by atoms with van der Waals surface area (Å²) in [4.78, 5) is 0. The molecule has 3 aromatic carbocycles. The maximum atomic E-state index is 3.36. The predicted octanol–water partition coefficient (Wildman–Crippen LogP) is 3.39. The number of hydrogen-bond acceptors (Lipinski definition) is 0. The molecule has 0 heteroatoms. The average Bonchev–Trinajstić information content (AvgIpc) is 2.26. The largest absolute Gasteiger partial charge is 0.0616 e. The molecule has 63 valence electrons. The predicted molar refractivity (Wildman–Crippen MR) is 58.0 cm³/mol. The zero-order valence-corrected chi connectivity index (χ0v) is 7.54. The summed E-state index contributed by atoms with van der Waals surface area (Å²) in [5, 5.41) is 4.40. The summed E-state index contributed by atoms with van der Waals surface area (Å²) < 4.78 is 0. The molecule has 0 unspecified atom stereocenters. The highest BCUT2D eigenvalue weighted by atomic mass is 14.0. The van der Waals surface area contributed by atoms with E-state index >= 15 is 0 Å². The molecule has 3 radical (unpaired) electrons. The zero-order chi connectivity index (χ0) is 9.38. The highest BCUT2D eigenvalue weighted by Crippen LogP contribution is 2.20. The van der Waals surface area contributed by atoms with Crippen LogP contribution in [0.15, 0.2) is 42.5 Å². The second-order valence-corrected chi connectivity index (χ2v) is 3.27. The lowest BCUT2D eigenvalue weighted by molar-refractivity contribution is 1.74. The Bertz CT molecular complexity index is 489. The standard InChI is InChI=1S/C14H7/c1-2-6-12-10-14-8-4-3-7-13(14)9-11(12)5-1/h1-3,5-8H. The van der Waals surface area contributed by atoms with Crippen molar-refractivity contribution in [3.05, 3.63) is 60.7 Å². The molecule has 0 aliphatic carbocycles. The third-order valence-electron chi connectivity index (χ3n) is 2.33. The Morgan fingerprint density at radius 3 is 2.14 bits per heavy atom. The lowest BCUT2D eigenvalue weighted by Gasteiger charge is -1.99. The van der Waals surface area contributed by atoms with E-state index < -0.39 is 0 Å².